The van der Waals surface area contributed by atoms with Gasteiger partial charge in [-0.2, -0.15) is 0 Å². The Balaban J connectivity index is 0.000000108. The molecule has 0 atom stereocenters. The second-order valence-electron chi connectivity index (χ2n) is 28.6. The van der Waals surface area contributed by atoms with E-state index in [1.54, 1.807) is 0 Å². The molecule has 108 heavy (non-hydrogen) atoms. The fourth-order valence-corrected chi connectivity index (χ4v) is 15.6. The van der Waals surface area contributed by atoms with Gasteiger partial charge in [0.05, 0.1) is 0 Å². The maximum Gasteiger partial charge on any atom is -0.00266 e. The van der Waals surface area contributed by atoms with E-state index < -0.39 is 0 Å². The maximum absolute atomic E-state index is 2.33. The van der Waals surface area contributed by atoms with E-state index >= 15 is 0 Å². The van der Waals surface area contributed by atoms with Crippen LogP contribution < -0.4 is 0 Å². The molecule has 0 aromatic heterocycles. The van der Waals surface area contributed by atoms with Crippen molar-refractivity contribution in [1.29, 1.82) is 0 Å². The summed E-state index contributed by atoms with van der Waals surface area (Å²) in [6.45, 7) is 8.64. The lowest BCUT2D eigenvalue weighted by Crippen LogP contribution is -1.88. The predicted molar refractivity (Wildman–Crippen MR) is 468 cm³/mol. The van der Waals surface area contributed by atoms with Gasteiger partial charge in [0.1, 0.15) is 0 Å². The molecule has 0 spiro atoms. The Morgan fingerprint density at radius 1 is 0.120 bits per heavy atom. The smallest absolute Gasteiger partial charge is 0.00266 e. The van der Waals surface area contributed by atoms with Crippen LogP contribution in [-0.2, 0) is 0 Å². The molecule has 0 bridgehead atoms. The lowest BCUT2D eigenvalue weighted by molar-refractivity contribution is 1.46. The summed E-state index contributed by atoms with van der Waals surface area (Å²) < 4.78 is 0. The van der Waals surface area contributed by atoms with E-state index in [2.05, 4.69) is 440 Å². The minimum absolute atomic E-state index is 1.24. The second-order valence-corrected chi connectivity index (χ2v) is 28.6. The zero-order valence-corrected chi connectivity index (χ0v) is 61.3. The molecule has 0 saturated heterocycles. The first-order chi connectivity index (χ1) is 53.1. The highest BCUT2D eigenvalue weighted by atomic mass is 14.2. The maximum atomic E-state index is 2.33. The Hall–Kier alpha value is -13.5. The van der Waals surface area contributed by atoms with Gasteiger partial charge >= 0.3 is 0 Å². The van der Waals surface area contributed by atoms with E-state index in [-0.39, 0.29) is 0 Å². The molecule has 0 heteroatoms. The van der Waals surface area contributed by atoms with Crippen LogP contribution in [0.25, 0.3) is 175 Å². The van der Waals surface area contributed by atoms with Crippen molar-refractivity contribution in [2.75, 3.05) is 0 Å². The molecule has 0 unspecified atom stereocenters. The normalized spacial score (nSPS) is 11.1. The summed E-state index contributed by atoms with van der Waals surface area (Å²) in [5.41, 5.74) is 25.3. The van der Waals surface area contributed by atoms with Crippen LogP contribution in [0.1, 0.15) is 22.3 Å². The minimum atomic E-state index is 1.24. The number of benzene rings is 20. The molecule has 512 valence electrons. The predicted octanol–water partition coefficient (Wildman–Crippen LogP) is 30.5. The Kier molecular flexibility index (Phi) is 19.0. The van der Waals surface area contributed by atoms with Crippen molar-refractivity contribution in [3.63, 3.8) is 0 Å². The van der Waals surface area contributed by atoms with E-state index in [9.17, 15) is 0 Å². The Bertz CT molecular complexity index is 6390. The van der Waals surface area contributed by atoms with Crippen molar-refractivity contribution in [2.45, 2.75) is 27.7 Å². The van der Waals surface area contributed by atoms with Crippen molar-refractivity contribution in [3.8, 4) is 89.0 Å². The van der Waals surface area contributed by atoms with E-state index in [1.165, 1.54) is 197 Å². The number of fused-ring (bicyclic) bond motifs is 8. The molecule has 0 fully saturated rings. The van der Waals surface area contributed by atoms with Crippen LogP contribution in [0.2, 0.25) is 0 Å². The fraction of sp³-hybridized carbons (Fsp3) is 0.0370. The highest BCUT2D eigenvalue weighted by Gasteiger charge is 2.16. The van der Waals surface area contributed by atoms with Crippen molar-refractivity contribution in [2.24, 2.45) is 0 Å². The van der Waals surface area contributed by atoms with Crippen LogP contribution in [0.5, 0.6) is 0 Å². The van der Waals surface area contributed by atoms with Gasteiger partial charge in [0.15, 0.2) is 0 Å². The average Bonchev–Trinajstić information content (AvgIpc) is 0.752. The van der Waals surface area contributed by atoms with E-state index in [4.69, 9.17) is 0 Å². The SMILES string of the molecule is Cc1c2ccccc2c(-c2ccccc2)c2ccccc12.Cc1ccc(-c2c3ccccc3cc3ccccc23)cc1.Cc1ccc(-c2cc(-c3ccc4ccccc4c3)cc(-c3ccc4ccccc4c3)c2)cc1.Cc1cccc(-c2cc(-c3ccc4ccccc4c3)cc(-c3ccc4ccccc4c3)c2)c1. The van der Waals surface area contributed by atoms with Crippen molar-refractivity contribution in [3.05, 3.63) is 435 Å². The van der Waals surface area contributed by atoms with Crippen LogP contribution in [0.4, 0.5) is 0 Å². The number of hydrogen-bond donors (Lipinski definition) is 0. The molecule has 0 heterocycles. The Morgan fingerprint density at radius 2 is 0.380 bits per heavy atom. The molecule has 0 amide bonds. The Morgan fingerprint density at radius 3 is 0.750 bits per heavy atom. The average molecular weight is 1380 g/mol. The van der Waals surface area contributed by atoms with Crippen LogP contribution in [0.3, 0.4) is 0 Å². The van der Waals surface area contributed by atoms with Crippen LogP contribution in [-0.4, -0.2) is 0 Å². The molecule has 0 aliphatic carbocycles. The molecule has 20 rings (SSSR count). The molecule has 0 N–H and O–H groups in total. The summed E-state index contributed by atoms with van der Waals surface area (Å²) in [5, 5.41) is 20.7. The molecule has 20 aromatic rings. The van der Waals surface area contributed by atoms with E-state index in [1.807, 2.05) is 0 Å². The first-order valence-electron chi connectivity index (χ1n) is 37.5. The van der Waals surface area contributed by atoms with Gasteiger partial charge in [0.25, 0.3) is 0 Å². The van der Waals surface area contributed by atoms with E-state index in [0.29, 0.717) is 0 Å². The molecule has 0 radical (unpaired) electrons. The second kappa shape index (κ2) is 30.3. The van der Waals surface area contributed by atoms with Crippen LogP contribution >= 0.6 is 0 Å². The zero-order valence-electron chi connectivity index (χ0n) is 61.3. The number of hydrogen-bond acceptors (Lipinski definition) is 0. The quantitative estimate of drug-likeness (QED) is 0.133. The molecule has 0 saturated carbocycles. The largest absolute Gasteiger partial charge is 0.0622 e. The van der Waals surface area contributed by atoms with Crippen molar-refractivity contribution < 1.29 is 0 Å². The van der Waals surface area contributed by atoms with Crippen LogP contribution in [0.15, 0.2) is 413 Å². The Labute approximate surface area is 633 Å². The van der Waals surface area contributed by atoms with Crippen LogP contribution in [0, 0.1) is 27.7 Å². The molecule has 0 aliphatic heterocycles. The standard InChI is InChI=1S/2C33H24.2C21H16/c1-23-7-6-12-26(17-23)31-20-32(29-15-13-24-8-2-4-10-27(24)18-29)22-33(21-31)30-16-14-25-9-3-5-11-28(25)19-30;1-23-10-12-26(13-11-23)31-20-32(29-16-14-24-6-2-4-8-27(24)18-29)22-33(21-31)30-17-15-25-7-3-5-9-28(25)19-30;1-15-10-12-16(13-11-15)21-19-8-4-2-6-17(19)14-18-7-3-5-9-20(18)21;1-15-17-11-5-7-13-19(17)21(16-9-3-2-4-10-16)20-14-8-6-12-18(15)20/h2*2-22H,1H3;2*2-14H,1H3. The van der Waals surface area contributed by atoms with Gasteiger partial charge < -0.3 is 0 Å². The van der Waals surface area contributed by atoms with Gasteiger partial charge in [-0.25, -0.2) is 0 Å². The number of rotatable bonds is 8. The lowest BCUT2D eigenvalue weighted by Gasteiger charge is -2.15. The van der Waals surface area contributed by atoms with Gasteiger partial charge in [-0.1, -0.05) is 362 Å². The highest BCUT2D eigenvalue weighted by molar-refractivity contribution is 6.15. The van der Waals surface area contributed by atoms with Gasteiger partial charge in [-0.05, 0) is 275 Å². The van der Waals surface area contributed by atoms with Crippen molar-refractivity contribution in [1.82, 2.24) is 0 Å². The molecule has 20 aromatic carbocycles. The summed E-state index contributed by atoms with van der Waals surface area (Å²) in [5.74, 6) is 0. The van der Waals surface area contributed by atoms with Gasteiger partial charge in [0.2, 0.25) is 0 Å². The van der Waals surface area contributed by atoms with Crippen molar-refractivity contribution >= 4 is 86.2 Å². The molecule has 0 nitrogen and oxygen atoms in total. The third-order valence-corrected chi connectivity index (χ3v) is 21.3. The summed E-state index contributed by atoms with van der Waals surface area (Å²) in [4.78, 5) is 0. The summed E-state index contributed by atoms with van der Waals surface area (Å²) in [6.07, 6.45) is 0. The van der Waals surface area contributed by atoms with Gasteiger partial charge in [0, 0.05) is 0 Å². The fourth-order valence-electron chi connectivity index (χ4n) is 15.6. The highest BCUT2D eigenvalue weighted by Crippen LogP contribution is 2.42. The third kappa shape index (κ3) is 14.3. The molecular formula is C108H80. The monoisotopic (exact) mass is 1380 g/mol. The number of aryl methyl sites for hydroxylation is 4. The molecule has 0 aliphatic rings. The topological polar surface area (TPSA) is 0 Å². The minimum Gasteiger partial charge on any atom is -0.0622 e. The van der Waals surface area contributed by atoms with Gasteiger partial charge in [-0.15, -0.1) is 0 Å². The van der Waals surface area contributed by atoms with E-state index in [0.717, 1.165) is 0 Å². The summed E-state index contributed by atoms with van der Waals surface area (Å²) in [6, 6.07) is 149. The third-order valence-electron chi connectivity index (χ3n) is 21.3. The zero-order chi connectivity index (χ0) is 72.9. The first kappa shape index (κ1) is 67.6. The lowest BCUT2D eigenvalue weighted by atomic mass is 9.89. The van der Waals surface area contributed by atoms with Gasteiger partial charge in [-0.3, -0.25) is 0 Å². The first-order valence-corrected chi connectivity index (χ1v) is 37.5. The summed E-state index contributed by atoms with van der Waals surface area (Å²) >= 11 is 0. The molecular weight excluding hydrogens is 1300 g/mol. The summed E-state index contributed by atoms with van der Waals surface area (Å²) in [7, 11) is 0.